The quantitative estimate of drug-likeness (QED) is 0.783. The Balaban J connectivity index is 1.74. The van der Waals surface area contributed by atoms with Gasteiger partial charge in [-0.2, -0.15) is 11.8 Å². The first-order valence-corrected chi connectivity index (χ1v) is 7.08. The second-order valence-corrected chi connectivity index (χ2v) is 5.27. The number of carbonyl (C=O) groups excluding carboxylic acids is 1. The highest BCUT2D eigenvalue weighted by atomic mass is 32.2. The van der Waals surface area contributed by atoms with Gasteiger partial charge in [0.2, 0.25) is 0 Å². The number of anilines is 1. The molecule has 0 spiro atoms. The van der Waals surface area contributed by atoms with Crippen LogP contribution in [-0.2, 0) is 0 Å². The molecule has 0 aromatic carbocycles. The van der Waals surface area contributed by atoms with E-state index >= 15 is 0 Å². The summed E-state index contributed by atoms with van der Waals surface area (Å²) in [4.78, 5) is 13.2. The van der Waals surface area contributed by atoms with E-state index in [1.807, 2.05) is 11.8 Å². The van der Waals surface area contributed by atoms with Crippen LogP contribution < -0.4 is 11.1 Å². The minimum Gasteiger partial charge on any atom is -0.367 e. The van der Waals surface area contributed by atoms with Crippen LogP contribution in [0.3, 0.4) is 0 Å². The van der Waals surface area contributed by atoms with Crippen LogP contribution in [0.25, 0.3) is 0 Å². The summed E-state index contributed by atoms with van der Waals surface area (Å²) in [5, 5.41) is 10.8. The molecule has 3 N–H and O–H groups in total. The van der Waals surface area contributed by atoms with Crippen LogP contribution in [0.5, 0.6) is 0 Å². The van der Waals surface area contributed by atoms with Gasteiger partial charge in [0.15, 0.2) is 5.69 Å². The Morgan fingerprint density at radius 2 is 2.17 bits per heavy atom. The van der Waals surface area contributed by atoms with Crippen molar-refractivity contribution < 1.29 is 4.79 Å². The molecule has 7 heteroatoms. The summed E-state index contributed by atoms with van der Waals surface area (Å²) in [5.41, 5.74) is 5.28. The molecule has 1 aliphatic heterocycles. The van der Waals surface area contributed by atoms with Gasteiger partial charge >= 0.3 is 0 Å². The third-order valence-electron chi connectivity index (χ3n) is 2.75. The van der Waals surface area contributed by atoms with E-state index in [1.165, 1.54) is 11.5 Å². The summed E-state index contributed by atoms with van der Waals surface area (Å²) >= 11 is 2.00. The molecule has 0 aliphatic carbocycles. The van der Waals surface area contributed by atoms with Crippen LogP contribution in [0.15, 0.2) is 12.1 Å². The number of hydrogen-bond donors (Lipinski definition) is 2. The van der Waals surface area contributed by atoms with Gasteiger partial charge in [-0.05, 0) is 12.1 Å². The summed E-state index contributed by atoms with van der Waals surface area (Å²) in [5.74, 6) is 2.55. The first-order valence-electron chi connectivity index (χ1n) is 5.93. The maximum atomic E-state index is 10.8. The van der Waals surface area contributed by atoms with E-state index in [2.05, 4.69) is 20.4 Å². The zero-order chi connectivity index (χ0) is 12.8. The first-order chi connectivity index (χ1) is 8.75. The number of nitrogens with two attached hydrogens (primary N) is 1. The third kappa shape index (κ3) is 3.85. The Morgan fingerprint density at radius 1 is 1.39 bits per heavy atom. The van der Waals surface area contributed by atoms with E-state index in [9.17, 15) is 4.79 Å². The predicted octanol–water partition coefficient (Wildman–Crippen LogP) is 0.0362. The highest BCUT2D eigenvalue weighted by Gasteiger charge is 2.09. The van der Waals surface area contributed by atoms with Crippen molar-refractivity contribution >= 4 is 23.5 Å². The Bertz CT molecular complexity index is 391. The smallest absolute Gasteiger partial charge is 0.269 e. The molecule has 2 heterocycles. The van der Waals surface area contributed by atoms with Gasteiger partial charge in [-0.15, -0.1) is 10.2 Å². The fourth-order valence-electron chi connectivity index (χ4n) is 1.72. The van der Waals surface area contributed by atoms with Crippen LogP contribution >= 0.6 is 11.8 Å². The number of primary amides is 1. The predicted molar refractivity (Wildman–Crippen MR) is 72.8 cm³/mol. The lowest BCUT2D eigenvalue weighted by molar-refractivity contribution is 0.0994. The van der Waals surface area contributed by atoms with Crippen LogP contribution in [0.2, 0.25) is 0 Å². The third-order valence-corrected chi connectivity index (χ3v) is 3.70. The lowest BCUT2D eigenvalue weighted by Crippen LogP contribution is -2.36. The van der Waals surface area contributed by atoms with Crippen LogP contribution in [-0.4, -0.2) is 58.7 Å². The SMILES string of the molecule is NC(=O)c1ccc(NCCN2CCSCC2)nn1. The number of amides is 1. The topological polar surface area (TPSA) is 84.1 Å². The number of aromatic nitrogens is 2. The van der Waals surface area contributed by atoms with Crippen molar-refractivity contribution in [3.05, 3.63) is 17.8 Å². The molecule has 98 valence electrons. The van der Waals surface area contributed by atoms with Gasteiger partial charge in [0.05, 0.1) is 0 Å². The van der Waals surface area contributed by atoms with Crippen molar-refractivity contribution in [2.24, 2.45) is 5.73 Å². The molecule has 0 bridgehead atoms. The molecule has 6 nitrogen and oxygen atoms in total. The number of thioether (sulfide) groups is 1. The first kappa shape index (κ1) is 13.1. The lowest BCUT2D eigenvalue weighted by atomic mass is 10.3. The molecule has 1 aliphatic rings. The largest absolute Gasteiger partial charge is 0.367 e. The lowest BCUT2D eigenvalue weighted by Gasteiger charge is -2.26. The number of rotatable bonds is 5. The molecular weight excluding hydrogens is 250 g/mol. The van der Waals surface area contributed by atoms with Gasteiger partial charge in [-0.3, -0.25) is 9.69 Å². The Morgan fingerprint density at radius 3 is 2.78 bits per heavy atom. The van der Waals surface area contributed by atoms with Crippen molar-refractivity contribution in [1.82, 2.24) is 15.1 Å². The van der Waals surface area contributed by atoms with Gasteiger partial charge in [0, 0.05) is 37.7 Å². The second-order valence-electron chi connectivity index (χ2n) is 4.05. The Kier molecular flexibility index (Phi) is 4.77. The zero-order valence-electron chi connectivity index (χ0n) is 10.1. The van der Waals surface area contributed by atoms with Gasteiger partial charge in [-0.25, -0.2) is 0 Å². The van der Waals surface area contributed by atoms with E-state index in [4.69, 9.17) is 5.73 Å². The van der Waals surface area contributed by atoms with Crippen molar-refractivity contribution in [2.75, 3.05) is 43.0 Å². The normalized spacial score (nSPS) is 16.4. The van der Waals surface area contributed by atoms with Gasteiger partial charge in [-0.1, -0.05) is 0 Å². The molecule has 0 saturated carbocycles. The molecule has 1 fully saturated rings. The number of nitrogens with one attached hydrogen (secondary N) is 1. The summed E-state index contributed by atoms with van der Waals surface area (Å²) in [7, 11) is 0. The highest BCUT2D eigenvalue weighted by Crippen LogP contribution is 2.08. The summed E-state index contributed by atoms with van der Waals surface area (Å²) in [6.07, 6.45) is 0. The fourth-order valence-corrected chi connectivity index (χ4v) is 2.70. The van der Waals surface area contributed by atoms with Gasteiger partial charge in [0.25, 0.3) is 5.91 Å². The second kappa shape index (κ2) is 6.55. The molecule has 1 aromatic heterocycles. The van der Waals surface area contributed by atoms with E-state index in [0.29, 0.717) is 5.82 Å². The molecule has 18 heavy (non-hydrogen) atoms. The standard InChI is InChI=1S/C11H17N5OS/c12-11(17)9-1-2-10(15-14-9)13-3-4-16-5-7-18-8-6-16/h1-2H,3-8H2,(H2,12,17)(H,13,15). The van der Waals surface area contributed by atoms with Gasteiger partial charge < -0.3 is 11.1 Å². The summed E-state index contributed by atoms with van der Waals surface area (Å²) < 4.78 is 0. The number of hydrogen-bond acceptors (Lipinski definition) is 6. The molecule has 1 saturated heterocycles. The zero-order valence-corrected chi connectivity index (χ0v) is 10.9. The molecule has 1 aromatic rings. The molecule has 0 atom stereocenters. The van der Waals surface area contributed by atoms with E-state index in [-0.39, 0.29) is 5.69 Å². The average molecular weight is 267 g/mol. The Hall–Kier alpha value is -1.34. The molecule has 2 rings (SSSR count). The maximum absolute atomic E-state index is 10.8. The molecule has 0 radical (unpaired) electrons. The highest BCUT2D eigenvalue weighted by molar-refractivity contribution is 7.99. The van der Waals surface area contributed by atoms with Crippen molar-refractivity contribution in [2.45, 2.75) is 0 Å². The van der Waals surface area contributed by atoms with E-state index in [0.717, 1.165) is 26.2 Å². The fraction of sp³-hybridized carbons (Fsp3) is 0.545. The monoisotopic (exact) mass is 267 g/mol. The Labute approximate surface area is 110 Å². The molecular formula is C11H17N5OS. The molecule has 1 amide bonds. The summed E-state index contributed by atoms with van der Waals surface area (Å²) in [6, 6.07) is 3.30. The average Bonchev–Trinajstić information content (AvgIpc) is 2.40. The van der Waals surface area contributed by atoms with E-state index < -0.39 is 5.91 Å². The minimum atomic E-state index is -0.556. The maximum Gasteiger partial charge on any atom is 0.269 e. The number of carbonyl (C=O) groups is 1. The van der Waals surface area contributed by atoms with E-state index in [1.54, 1.807) is 12.1 Å². The minimum absolute atomic E-state index is 0.189. The number of nitrogens with zero attached hydrogens (tertiary/aromatic N) is 3. The van der Waals surface area contributed by atoms with Crippen LogP contribution in [0.4, 0.5) is 5.82 Å². The van der Waals surface area contributed by atoms with Crippen molar-refractivity contribution in [1.29, 1.82) is 0 Å². The van der Waals surface area contributed by atoms with Crippen molar-refractivity contribution in [3.8, 4) is 0 Å². The van der Waals surface area contributed by atoms with Crippen molar-refractivity contribution in [3.63, 3.8) is 0 Å². The van der Waals surface area contributed by atoms with Gasteiger partial charge in [0.1, 0.15) is 5.82 Å². The van der Waals surface area contributed by atoms with Crippen LogP contribution in [0.1, 0.15) is 10.5 Å². The molecule has 0 unspecified atom stereocenters. The summed E-state index contributed by atoms with van der Waals surface area (Å²) in [6.45, 7) is 4.13. The van der Waals surface area contributed by atoms with Crippen LogP contribution in [0, 0.1) is 0 Å².